The van der Waals surface area contributed by atoms with Gasteiger partial charge in [-0.2, -0.15) is 5.10 Å². The van der Waals surface area contributed by atoms with E-state index in [9.17, 15) is 0 Å². The molecule has 120 valence electrons. The standard InChI is InChI=1S/C16H29BrN4/c1-4-9-18-15(13-7-5-6-8-13)16-14(17)12-19-21(16)11-10-20(2)3/h12-13,15,18H,4-11H2,1-3H3. The summed E-state index contributed by atoms with van der Waals surface area (Å²) in [6, 6.07) is 0.437. The summed E-state index contributed by atoms with van der Waals surface area (Å²) in [5.41, 5.74) is 1.34. The SMILES string of the molecule is CCCNC(c1c(Br)cnn1CCN(C)C)C1CCCC1. The second kappa shape index (κ2) is 8.30. The normalized spacial score (nSPS) is 17.8. The predicted molar refractivity (Wildman–Crippen MR) is 91.5 cm³/mol. The fourth-order valence-corrected chi connectivity index (χ4v) is 3.77. The second-order valence-electron chi connectivity index (χ2n) is 6.38. The van der Waals surface area contributed by atoms with Gasteiger partial charge in [0, 0.05) is 6.54 Å². The van der Waals surface area contributed by atoms with Crippen molar-refractivity contribution >= 4 is 15.9 Å². The topological polar surface area (TPSA) is 33.1 Å². The van der Waals surface area contributed by atoms with Crippen LogP contribution in [0, 0.1) is 5.92 Å². The van der Waals surface area contributed by atoms with Crippen molar-refractivity contribution in [2.24, 2.45) is 5.92 Å². The Morgan fingerprint density at radius 3 is 2.76 bits per heavy atom. The summed E-state index contributed by atoms with van der Waals surface area (Å²) in [6.07, 6.45) is 8.56. The molecule has 1 aromatic rings. The molecule has 0 aliphatic heterocycles. The van der Waals surface area contributed by atoms with Crippen molar-refractivity contribution in [1.29, 1.82) is 0 Å². The van der Waals surface area contributed by atoms with Crippen LogP contribution >= 0.6 is 15.9 Å². The largest absolute Gasteiger partial charge is 0.308 e. The first-order chi connectivity index (χ1) is 10.1. The molecule has 1 saturated carbocycles. The van der Waals surface area contributed by atoms with Crippen LogP contribution in [0.15, 0.2) is 10.7 Å². The zero-order chi connectivity index (χ0) is 15.2. The van der Waals surface area contributed by atoms with E-state index in [2.05, 4.69) is 56.9 Å². The molecule has 1 aromatic heterocycles. The quantitative estimate of drug-likeness (QED) is 0.774. The average Bonchev–Trinajstić information content (AvgIpc) is 3.09. The Labute approximate surface area is 137 Å². The molecule has 0 aromatic carbocycles. The molecule has 0 bridgehead atoms. The van der Waals surface area contributed by atoms with Crippen LogP contribution in [0.3, 0.4) is 0 Å². The minimum Gasteiger partial charge on any atom is -0.308 e. The molecule has 1 unspecified atom stereocenters. The number of hydrogen-bond donors (Lipinski definition) is 1. The smallest absolute Gasteiger partial charge is 0.0699 e. The molecule has 1 N–H and O–H groups in total. The van der Waals surface area contributed by atoms with Gasteiger partial charge in [-0.1, -0.05) is 19.8 Å². The van der Waals surface area contributed by atoms with Gasteiger partial charge in [0.25, 0.3) is 0 Å². The maximum atomic E-state index is 4.59. The van der Waals surface area contributed by atoms with Crippen LogP contribution in [0.2, 0.25) is 0 Å². The van der Waals surface area contributed by atoms with Gasteiger partial charge in [0.05, 0.1) is 29.0 Å². The van der Waals surface area contributed by atoms with Gasteiger partial charge in [-0.3, -0.25) is 4.68 Å². The molecule has 1 heterocycles. The van der Waals surface area contributed by atoms with E-state index in [1.54, 1.807) is 0 Å². The maximum Gasteiger partial charge on any atom is 0.0699 e. The van der Waals surface area contributed by atoms with Crippen LogP contribution in [0.1, 0.15) is 50.8 Å². The summed E-state index contributed by atoms with van der Waals surface area (Å²) >= 11 is 3.73. The van der Waals surface area contributed by atoms with E-state index in [1.165, 1.54) is 37.8 Å². The molecule has 0 spiro atoms. The van der Waals surface area contributed by atoms with Gasteiger partial charge >= 0.3 is 0 Å². The fraction of sp³-hybridized carbons (Fsp3) is 0.812. The van der Waals surface area contributed by atoms with Crippen molar-refractivity contribution in [2.45, 2.75) is 51.6 Å². The summed E-state index contributed by atoms with van der Waals surface area (Å²) < 4.78 is 3.34. The third kappa shape index (κ3) is 4.54. The highest BCUT2D eigenvalue weighted by Gasteiger charge is 2.30. The monoisotopic (exact) mass is 356 g/mol. The summed E-state index contributed by atoms with van der Waals surface area (Å²) in [6.45, 7) is 5.28. The minimum atomic E-state index is 0.437. The highest BCUT2D eigenvalue weighted by molar-refractivity contribution is 9.10. The molecule has 21 heavy (non-hydrogen) atoms. The number of aromatic nitrogens is 2. The highest BCUT2D eigenvalue weighted by atomic mass is 79.9. The van der Waals surface area contributed by atoms with Crippen LogP contribution in [0.5, 0.6) is 0 Å². The van der Waals surface area contributed by atoms with Crippen LogP contribution < -0.4 is 5.32 Å². The van der Waals surface area contributed by atoms with Crippen LogP contribution in [-0.2, 0) is 6.54 Å². The Balaban J connectivity index is 2.18. The van der Waals surface area contributed by atoms with E-state index in [1.807, 2.05) is 6.20 Å². The molecule has 5 heteroatoms. The maximum absolute atomic E-state index is 4.59. The van der Waals surface area contributed by atoms with Gasteiger partial charge in [0.1, 0.15) is 0 Å². The zero-order valence-corrected chi connectivity index (χ0v) is 15.2. The molecular formula is C16H29BrN4. The van der Waals surface area contributed by atoms with E-state index in [0.29, 0.717) is 6.04 Å². The third-order valence-corrected chi connectivity index (χ3v) is 4.98. The second-order valence-corrected chi connectivity index (χ2v) is 7.23. The molecule has 1 aliphatic carbocycles. The van der Waals surface area contributed by atoms with Crippen molar-refractivity contribution in [3.8, 4) is 0 Å². The van der Waals surface area contributed by atoms with E-state index < -0.39 is 0 Å². The lowest BCUT2D eigenvalue weighted by atomic mass is 9.95. The van der Waals surface area contributed by atoms with Gasteiger partial charge in [-0.05, 0) is 61.8 Å². The van der Waals surface area contributed by atoms with E-state index >= 15 is 0 Å². The first kappa shape index (κ1) is 17.0. The number of likely N-dealkylation sites (N-methyl/N-ethyl adjacent to an activating group) is 1. The number of nitrogens with one attached hydrogen (secondary N) is 1. The lowest BCUT2D eigenvalue weighted by molar-refractivity contribution is 0.325. The predicted octanol–water partition coefficient (Wildman–Crippen LogP) is 3.44. The number of nitrogens with zero attached hydrogens (tertiary/aromatic N) is 3. The van der Waals surface area contributed by atoms with E-state index in [-0.39, 0.29) is 0 Å². The van der Waals surface area contributed by atoms with E-state index in [0.717, 1.165) is 30.0 Å². The molecule has 0 saturated heterocycles. The zero-order valence-electron chi connectivity index (χ0n) is 13.6. The van der Waals surface area contributed by atoms with Crippen molar-refractivity contribution in [1.82, 2.24) is 20.0 Å². The summed E-state index contributed by atoms with van der Waals surface area (Å²) in [5, 5.41) is 8.37. The average molecular weight is 357 g/mol. The van der Waals surface area contributed by atoms with Gasteiger partial charge < -0.3 is 10.2 Å². The molecule has 1 fully saturated rings. The Morgan fingerprint density at radius 1 is 1.43 bits per heavy atom. The molecule has 4 nitrogen and oxygen atoms in total. The molecule has 0 amide bonds. The van der Waals surface area contributed by atoms with Gasteiger partial charge in [-0.25, -0.2) is 0 Å². The minimum absolute atomic E-state index is 0.437. The Morgan fingerprint density at radius 2 is 2.14 bits per heavy atom. The highest BCUT2D eigenvalue weighted by Crippen LogP contribution is 2.38. The summed E-state index contributed by atoms with van der Waals surface area (Å²) in [7, 11) is 4.23. The lowest BCUT2D eigenvalue weighted by Gasteiger charge is -2.26. The molecule has 2 rings (SSSR count). The fourth-order valence-electron chi connectivity index (χ4n) is 3.23. The van der Waals surface area contributed by atoms with Gasteiger partial charge in [-0.15, -0.1) is 0 Å². The van der Waals surface area contributed by atoms with Crippen molar-refractivity contribution in [3.63, 3.8) is 0 Å². The Kier molecular flexibility index (Phi) is 6.71. The van der Waals surface area contributed by atoms with Gasteiger partial charge in [0.2, 0.25) is 0 Å². The number of rotatable bonds is 8. The molecule has 0 radical (unpaired) electrons. The van der Waals surface area contributed by atoms with Crippen LogP contribution in [0.4, 0.5) is 0 Å². The van der Waals surface area contributed by atoms with Gasteiger partial charge in [0.15, 0.2) is 0 Å². The Bertz CT molecular complexity index is 424. The first-order valence-electron chi connectivity index (χ1n) is 8.22. The first-order valence-corrected chi connectivity index (χ1v) is 9.02. The van der Waals surface area contributed by atoms with Crippen molar-refractivity contribution < 1.29 is 0 Å². The van der Waals surface area contributed by atoms with Crippen molar-refractivity contribution in [2.75, 3.05) is 27.2 Å². The number of hydrogen-bond acceptors (Lipinski definition) is 3. The lowest BCUT2D eigenvalue weighted by Crippen LogP contribution is -2.31. The van der Waals surface area contributed by atoms with E-state index in [4.69, 9.17) is 0 Å². The Hall–Kier alpha value is -0.390. The third-order valence-electron chi connectivity index (χ3n) is 4.37. The summed E-state index contributed by atoms with van der Waals surface area (Å²) in [4.78, 5) is 2.21. The summed E-state index contributed by atoms with van der Waals surface area (Å²) in [5.74, 6) is 0.752. The number of halogens is 1. The molecular weight excluding hydrogens is 328 g/mol. The van der Waals surface area contributed by atoms with Crippen LogP contribution in [0.25, 0.3) is 0 Å². The van der Waals surface area contributed by atoms with Crippen molar-refractivity contribution in [3.05, 3.63) is 16.4 Å². The molecule has 1 atom stereocenters. The van der Waals surface area contributed by atoms with Crippen LogP contribution in [-0.4, -0.2) is 41.9 Å². The molecule has 1 aliphatic rings.